The number of anilines is 1. The zero-order valence-corrected chi connectivity index (χ0v) is 16.3. The van der Waals surface area contributed by atoms with Crippen LogP contribution in [0.4, 0.5) is 9.93 Å². The molecule has 2 heterocycles. The topological polar surface area (TPSA) is 84.4 Å². The van der Waals surface area contributed by atoms with Gasteiger partial charge in [-0.2, -0.15) is 0 Å². The molecule has 1 aliphatic rings. The van der Waals surface area contributed by atoms with Crippen molar-refractivity contribution in [3.63, 3.8) is 0 Å². The van der Waals surface area contributed by atoms with E-state index >= 15 is 0 Å². The molecular formula is C15H24N4O3S2. The van der Waals surface area contributed by atoms with Crippen molar-refractivity contribution in [2.75, 3.05) is 16.9 Å². The van der Waals surface area contributed by atoms with E-state index in [0.29, 0.717) is 22.7 Å². The van der Waals surface area contributed by atoms with E-state index in [1.54, 1.807) is 20.8 Å². The lowest BCUT2D eigenvalue weighted by molar-refractivity contribution is -0.120. The van der Waals surface area contributed by atoms with E-state index in [1.807, 2.05) is 0 Å². The highest BCUT2D eigenvalue weighted by molar-refractivity contribution is 7.99. The van der Waals surface area contributed by atoms with Gasteiger partial charge in [-0.05, 0) is 26.7 Å². The van der Waals surface area contributed by atoms with Gasteiger partial charge < -0.3 is 4.74 Å². The summed E-state index contributed by atoms with van der Waals surface area (Å²) in [5.74, 6) is 1.22. The Labute approximate surface area is 150 Å². The summed E-state index contributed by atoms with van der Waals surface area (Å²) in [6, 6.07) is -0.553. The smallest absolute Gasteiger partial charge is 0.411 e. The van der Waals surface area contributed by atoms with Crippen molar-refractivity contribution in [2.45, 2.75) is 52.7 Å². The summed E-state index contributed by atoms with van der Waals surface area (Å²) < 4.78 is 5.37. The summed E-state index contributed by atoms with van der Waals surface area (Å²) >= 11 is 2.90. The molecule has 1 saturated heterocycles. The molecule has 1 atom stereocenters. The number of aromatic nitrogens is 2. The Bertz CT molecular complexity index is 598. The molecule has 9 heteroatoms. The zero-order valence-electron chi connectivity index (χ0n) is 14.7. The Hall–Kier alpha value is -1.35. The predicted molar refractivity (Wildman–Crippen MR) is 96.3 cm³/mol. The van der Waals surface area contributed by atoms with Crippen molar-refractivity contribution < 1.29 is 14.3 Å². The van der Waals surface area contributed by atoms with E-state index in [2.05, 4.69) is 29.4 Å². The molecule has 0 aliphatic carbocycles. The summed E-state index contributed by atoms with van der Waals surface area (Å²) in [5.41, 5.74) is -0.587. The minimum atomic E-state index is -0.587. The SMILES string of the molecule is CC(C)Cc1nnc(NC(=O)C2CSCN2C(=O)OC(C)(C)C)s1. The molecule has 1 N–H and O–H groups in total. The second kappa shape index (κ2) is 7.69. The lowest BCUT2D eigenvalue weighted by Gasteiger charge is -2.27. The van der Waals surface area contributed by atoms with Gasteiger partial charge in [-0.3, -0.25) is 15.0 Å². The number of carbonyl (C=O) groups excluding carboxylic acids is 2. The average Bonchev–Trinajstić information content (AvgIpc) is 3.05. The number of rotatable bonds is 4. The molecule has 0 radical (unpaired) electrons. The fourth-order valence-electron chi connectivity index (χ4n) is 2.08. The van der Waals surface area contributed by atoms with Crippen LogP contribution < -0.4 is 5.32 Å². The maximum absolute atomic E-state index is 12.5. The number of hydrogen-bond donors (Lipinski definition) is 1. The molecule has 2 amide bonds. The van der Waals surface area contributed by atoms with E-state index in [0.717, 1.165) is 11.4 Å². The first-order chi connectivity index (χ1) is 11.2. The van der Waals surface area contributed by atoms with Crippen molar-refractivity contribution in [1.82, 2.24) is 15.1 Å². The molecule has 1 aromatic heterocycles. The maximum atomic E-state index is 12.5. The maximum Gasteiger partial charge on any atom is 0.411 e. The molecule has 0 saturated carbocycles. The van der Waals surface area contributed by atoms with E-state index in [9.17, 15) is 9.59 Å². The molecule has 7 nitrogen and oxygen atoms in total. The van der Waals surface area contributed by atoms with Gasteiger partial charge in [0.15, 0.2) is 0 Å². The Morgan fingerprint density at radius 1 is 1.38 bits per heavy atom. The van der Waals surface area contributed by atoms with Gasteiger partial charge in [-0.15, -0.1) is 22.0 Å². The van der Waals surface area contributed by atoms with Crippen LogP contribution in [0.15, 0.2) is 0 Å². The van der Waals surface area contributed by atoms with Crippen LogP contribution in [0.5, 0.6) is 0 Å². The number of thioether (sulfide) groups is 1. The van der Waals surface area contributed by atoms with Crippen LogP contribution in [0.2, 0.25) is 0 Å². The average molecular weight is 373 g/mol. The second-order valence-electron chi connectivity index (χ2n) is 7.05. The first kappa shape index (κ1) is 19.0. The van der Waals surface area contributed by atoms with E-state index < -0.39 is 17.7 Å². The molecule has 1 aliphatic heterocycles. The van der Waals surface area contributed by atoms with E-state index in [4.69, 9.17) is 4.74 Å². The fraction of sp³-hybridized carbons (Fsp3) is 0.733. The van der Waals surface area contributed by atoms with Crippen LogP contribution in [0, 0.1) is 5.92 Å². The fourth-order valence-corrected chi connectivity index (χ4v) is 4.18. The van der Waals surface area contributed by atoms with Crippen molar-refractivity contribution in [3.05, 3.63) is 5.01 Å². The van der Waals surface area contributed by atoms with Crippen molar-refractivity contribution in [1.29, 1.82) is 0 Å². The number of amides is 2. The molecule has 0 spiro atoms. The second-order valence-corrected chi connectivity index (χ2v) is 9.12. The van der Waals surface area contributed by atoms with Gasteiger partial charge in [0, 0.05) is 12.2 Å². The molecule has 1 unspecified atom stereocenters. The van der Waals surface area contributed by atoms with Gasteiger partial charge in [-0.25, -0.2) is 4.79 Å². The highest BCUT2D eigenvalue weighted by Crippen LogP contribution is 2.25. The molecular weight excluding hydrogens is 348 g/mol. The summed E-state index contributed by atoms with van der Waals surface area (Å²) in [5, 5.41) is 12.2. The number of nitrogens with one attached hydrogen (secondary N) is 1. The quantitative estimate of drug-likeness (QED) is 0.875. The molecule has 1 fully saturated rings. The number of nitrogens with zero attached hydrogens (tertiary/aromatic N) is 3. The normalized spacial score (nSPS) is 18.1. The molecule has 2 rings (SSSR count). The minimum absolute atomic E-state index is 0.252. The molecule has 24 heavy (non-hydrogen) atoms. The Kier molecular flexibility index (Phi) is 6.08. The monoisotopic (exact) mass is 372 g/mol. The third kappa shape index (κ3) is 5.34. The predicted octanol–water partition coefficient (Wildman–Crippen LogP) is 2.99. The van der Waals surface area contributed by atoms with Crippen LogP contribution in [-0.4, -0.2) is 50.4 Å². The van der Waals surface area contributed by atoms with E-state index in [1.165, 1.54) is 28.0 Å². The Morgan fingerprint density at radius 3 is 2.71 bits per heavy atom. The van der Waals surface area contributed by atoms with Gasteiger partial charge >= 0.3 is 6.09 Å². The molecule has 0 aromatic carbocycles. The Balaban J connectivity index is 1.98. The first-order valence-electron chi connectivity index (χ1n) is 7.86. The Morgan fingerprint density at radius 2 is 2.08 bits per heavy atom. The van der Waals surface area contributed by atoms with Gasteiger partial charge in [0.2, 0.25) is 11.0 Å². The van der Waals surface area contributed by atoms with Crippen molar-refractivity contribution >= 4 is 40.2 Å². The number of carbonyl (C=O) groups is 2. The lowest BCUT2D eigenvalue weighted by Crippen LogP contribution is -2.46. The van der Waals surface area contributed by atoms with E-state index in [-0.39, 0.29) is 5.91 Å². The van der Waals surface area contributed by atoms with Crippen LogP contribution in [0.3, 0.4) is 0 Å². The van der Waals surface area contributed by atoms with Gasteiger partial charge in [0.05, 0.1) is 5.88 Å². The third-order valence-corrected chi connectivity index (χ3v) is 4.97. The minimum Gasteiger partial charge on any atom is -0.444 e. The lowest BCUT2D eigenvalue weighted by atomic mass is 10.1. The summed E-state index contributed by atoms with van der Waals surface area (Å²) in [4.78, 5) is 26.2. The molecule has 1 aromatic rings. The largest absolute Gasteiger partial charge is 0.444 e. The zero-order chi connectivity index (χ0) is 17.9. The number of hydrogen-bond acceptors (Lipinski definition) is 7. The first-order valence-corrected chi connectivity index (χ1v) is 9.83. The van der Waals surface area contributed by atoms with Crippen LogP contribution in [0.1, 0.15) is 39.6 Å². The number of ether oxygens (including phenoxy) is 1. The standard InChI is InChI=1S/C15H24N4O3S2/c1-9(2)6-11-17-18-13(24-11)16-12(20)10-7-23-8-19(10)14(21)22-15(3,4)5/h9-10H,6-8H2,1-5H3,(H,16,18,20). The highest BCUT2D eigenvalue weighted by atomic mass is 32.2. The van der Waals surface area contributed by atoms with Crippen LogP contribution in [0.25, 0.3) is 0 Å². The highest BCUT2D eigenvalue weighted by Gasteiger charge is 2.37. The van der Waals surface area contributed by atoms with Gasteiger partial charge in [0.1, 0.15) is 16.7 Å². The van der Waals surface area contributed by atoms with Gasteiger partial charge in [0.25, 0.3) is 0 Å². The van der Waals surface area contributed by atoms with Crippen molar-refractivity contribution in [2.24, 2.45) is 5.92 Å². The summed E-state index contributed by atoms with van der Waals surface area (Å²) in [6.07, 6.45) is 0.363. The summed E-state index contributed by atoms with van der Waals surface area (Å²) in [6.45, 7) is 9.63. The molecule has 134 valence electrons. The molecule has 0 bridgehead atoms. The van der Waals surface area contributed by atoms with Gasteiger partial charge in [-0.1, -0.05) is 25.2 Å². The van der Waals surface area contributed by atoms with Crippen LogP contribution >= 0.6 is 23.1 Å². The van der Waals surface area contributed by atoms with Crippen molar-refractivity contribution in [3.8, 4) is 0 Å². The van der Waals surface area contributed by atoms with Crippen LogP contribution in [-0.2, 0) is 16.0 Å². The summed E-state index contributed by atoms with van der Waals surface area (Å²) in [7, 11) is 0. The third-order valence-electron chi connectivity index (χ3n) is 3.09.